The van der Waals surface area contributed by atoms with Crippen LogP contribution in [0.25, 0.3) is 0 Å². The van der Waals surface area contributed by atoms with E-state index in [0.717, 1.165) is 5.56 Å². The standard InChI is InChI=1S/C20H24FNO4.ClH/c1-3-24-17-12-15(19(22)18(21)20(23)25-4-2)10-11-16(17)26-13-14-8-6-5-7-9-14;/h5-12,18-19H,3-4,13,22H2,1-2H3;1H/t18?,19-;/m0./s1. The number of alkyl halides is 1. The predicted molar refractivity (Wildman–Crippen MR) is 104 cm³/mol. The van der Waals surface area contributed by atoms with Gasteiger partial charge < -0.3 is 19.9 Å². The molecule has 2 aromatic carbocycles. The summed E-state index contributed by atoms with van der Waals surface area (Å²) < 4.78 is 30.3. The van der Waals surface area contributed by atoms with Gasteiger partial charge in [0.25, 0.3) is 0 Å². The molecule has 0 spiro atoms. The van der Waals surface area contributed by atoms with Crippen molar-refractivity contribution < 1.29 is 23.4 Å². The Kier molecular flexibility index (Phi) is 9.61. The minimum atomic E-state index is -1.94. The van der Waals surface area contributed by atoms with Gasteiger partial charge in [0.1, 0.15) is 6.61 Å². The van der Waals surface area contributed by atoms with Crippen LogP contribution in [-0.4, -0.2) is 25.4 Å². The molecule has 0 aliphatic rings. The number of rotatable bonds is 9. The third-order valence-corrected chi connectivity index (χ3v) is 3.72. The molecule has 2 atom stereocenters. The highest BCUT2D eigenvalue weighted by atomic mass is 35.5. The third kappa shape index (κ3) is 6.41. The zero-order valence-corrected chi connectivity index (χ0v) is 16.2. The lowest BCUT2D eigenvalue weighted by Gasteiger charge is -2.18. The van der Waals surface area contributed by atoms with Crippen LogP contribution in [0.1, 0.15) is 31.0 Å². The fourth-order valence-electron chi connectivity index (χ4n) is 2.39. The Morgan fingerprint density at radius 2 is 1.74 bits per heavy atom. The molecule has 5 nitrogen and oxygen atoms in total. The maximum absolute atomic E-state index is 14.2. The van der Waals surface area contributed by atoms with Crippen LogP contribution < -0.4 is 15.2 Å². The molecule has 0 amide bonds. The van der Waals surface area contributed by atoms with E-state index in [1.54, 1.807) is 25.1 Å². The van der Waals surface area contributed by atoms with Crippen molar-refractivity contribution in [1.82, 2.24) is 0 Å². The van der Waals surface area contributed by atoms with Gasteiger partial charge in [-0.1, -0.05) is 36.4 Å². The third-order valence-electron chi connectivity index (χ3n) is 3.72. The summed E-state index contributed by atoms with van der Waals surface area (Å²) in [7, 11) is 0. The van der Waals surface area contributed by atoms with E-state index < -0.39 is 18.2 Å². The van der Waals surface area contributed by atoms with E-state index in [4.69, 9.17) is 15.2 Å². The SMILES string of the molecule is CCOC(=O)C(F)[C@@H](N)c1ccc(OCc2ccccc2)c(OCC)c1.Cl. The van der Waals surface area contributed by atoms with Crippen molar-refractivity contribution in [2.24, 2.45) is 5.73 Å². The lowest BCUT2D eigenvalue weighted by Crippen LogP contribution is -2.31. The molecule has 0 fully saturated rings. The second-order valence-corrected chi connectivity index (χ2v) is 5.59. The van der Waals surface area contributed by atoms with Crippen LogP contribution in [0.4, 0.5) is 4.39 Å². The molecule has 1 unspecified atom stereocenters. The summed E-state index contributed by atoms with van der Waals surface area (Å²) in [6.45, 7) is 4.34. The van der Waals surface area contributed by atoms with Gasteiger partial charge in [0.05, 0.1) is 19.3 Å². The molecule has 2 rings (SSSR count). The maximum atomic E-state index is 14.2. The number of hydrogen-bond donors (Lipinski definition) is 1. The quantitative estimate of drug-likeness (QED) is 0.648. The number of hydrogen-bond acceptors (Lipinski definition) is 5. The summed E-state index contributed by atoms with van der Waals surface area (Å²) in [5.74, 6) is 0.00741. The Labute approximate surface area is 165 Å². The summed E-state index contributed by atoms with van der Waals surface area (Å²) in [6.07, 6.45) is -1.94. The van der Waals surface area contributed by atoms with Gasteiger partial charge in [-0.15, -0.1) is 12.4 Å². The number of ether oxygens (including phenoxy) is 3. The van der Waals surface area contributed by atoms with Gasteiger partial charge in [-0.2, -0.15) is 0 Å². The van der Waals surface area contributed by atoms with Crippen molar-refractivity contribution in [2.75, 3.05) is 13.2 Å². The summed E-state index contributed by atoms with van der Waals surface area (Å²) >= 11 is 0. The van der Waals surface area contributed by atoms with Gasteiger partial charge in [-0.05, 0) is 37.1 Å². The smallest absolute Gasteiger partial charge is 0.342 e. The fourth-order valence-corrected chi connectivity index (χ4v) is 2.39. The van der Waals surface area contributed by atoms with E-state index in [0.29, 0.717) is 30.3 Å². The molecule has 0 radical (unpaired) electrons. The Morgan fingerprint density at radius 1 is 1.04 bits per heavy atom. The molecule has 2 aromatic rings. The first-order chi connectivity index (χ1) is 12.6. The normalized spacial score (nSPS) is 12.4. The Morgan fingerprint density at radius 3 is 2.37 bits per heavy atom. The molecule has 2 N–H and O–H groups in total. The van der Waals surface area contributed by atoms with Crippen LogP contribution in [0, 0.1) is 0 Å². The van der Waals surface area contributed by atoms with Gasteiger partial charge in [0, 0.05) is 0 Å². The molecule has 0 aromatic heterocycles. The first kappa shape index (κ1) is 22.7. The second-order valence-electron chi connectivity index (χ2n) is 5.59. The van der Waals surface area contributed by atoms with E-state index in [1.807, 2.05) is 37.3 Å². The molecule has 0 saturated heterocycles. The van der Waals surface area contributed by atoms with Crippen molar-refractivity contribution >= 4 is 18.4 Å². The first-order valence-electron chi connectivity index (χ1n) is 8.56. The average Bonchev–Trinajstić information content (AvgIpc) is 2.67. The Balaban J connectivity index is 0.00000364. The molecule has 0 saturated carbocycles. The minimum absolute atomic E-state index is 0. The number of carbonyl (C=O) groups excluding carboxylic acids is 1. The maximum Gasteiger partial charge on any atom is 0.342 e. The number of nitrogens with two attached hydrogens (primary N) is 1. The van der Waals surface area contributed by atoms with E-state index in [-0.39, 0.29) is 19.0 Å². The highest BCUT2D eigenvalue weighted by Gasteiger charge is 2.28. The molecule has 0 aliphatic heterocycles. The number of carbonyl (C=O) groups is 1. The fraction of sp³-hybridized carbons (Fsp3) is 0.350. The van der Waals surface area contributed by atoms with Gasteiger partial charge in [-0.3, -0.25) is 0 Å². The summed E-state index contributed by atoms with van der Waals surface area (Å²) in [4.78, 5) is 11.6. The van der Waals surface area contributed by atoms with Crippen LogP contribution in [0.15, 0.2) is 48.5 Å². The zero-order chi connectivity index (χ0) is 18.9. The summed E-state index contributed by atoms with van der Waals surface area (Å²) in [5.41, 5.74) is 7.32. The Bertz CT molecular complexity index is 714. The van der Waals surface area contributed by atoms with Crippen molar-refractivity contribution in [3.8, 4) is 11.5 Å². The van der Waals surface area contributed by atoms with E-state index in [9.17, 15) is 9.18 Å². The highest BCUT2D eigenvalue weighted by Crippen LogP contribution is 2.32. The van der Waals surface area contributed by atoms with E-state index in [1.165, 1.54) is 0 Å². The largest absolute Gasteiger partial charge is 0.490 e. The van der Waals surface area contributed by atoms with Gasteiger partial charge in [0.15, 0.2) is 11.5 Å². The van der Waals surface area contributed by atoms with Gasteiger partial charge >= 0.3 is 5.97 Å². The van der Waals surface area contributed by atoms with Gasteiger partial charge in [0.2, 0.25) is 6.17 Å². The first-order valence-corrected chi connectivity index (χ1v) is 8.56. The van der Waals surface area contributed by atoms with Crippen molar-refractivity contribution in [3.63, 3.8) is 0 Å². The average molecular weight is 398 g/mol. The van der Waals surface area contributed by atoms with Gasteiger partial charge in [-0.25, -0.2) is 9.18 Å². The molecule has 0 bridgehead atoms. The van der Waals surface area contributed by atoms with Crippen LogP contribution in [0.5, 0.6) is 11.5 Å². The molecule has 0 aliphatic carbocycles. The number of benzene rings is 2. The van der Waals surface area contributed by atoms with Crippen molar-refractivity contribution in [1.29, 1.82) is 0 Å². The monoisotopic (exact) mass is 397 g/mol. The van der Waals surface area contributed by atoms with Crippen LogP contribution in [0.3, 0.4) is 0 Å². The van der Waals surface area contributed by atoms with Crippen LogP contribution in [-0.2, 0) is 16.1 Å². The van der Waals surface area contributed by atoms with Crippen molar-refractivity contribution in [2.45, 2.75) is 32.7 Å². The molecule has 27 heavy (non-hydrogen) atoms. The van der Waals surface area contributed by atoms with Crippen LogP contribution >= 0.6 is 12.4 Å². The predicted octanol–water partition coefficient (Wildman–Crippen LogP) is 3.99. The molecular weight excluding hydrogens is 373 g/mol. The highest BCUT2D eigenvalue weighted by molar-refractivity contribution is 5.85. The molecule has 7 heteroatoms. The minimum Gasteiger partial charge on any atom is -0.490 e. The second kappa shape index (κ2) is 11.4. The lowest BCUT2D eigenvalue weighted by atomic mass is 10.0. The van der Waals surface area contributed by atoms with Crippen LogP contribution in [0.2, 0.25) is 0 Å². The lowest BCUT2D eigenvalue weighted by molar-refractivity contribution is -0.149. The number of esters is 1. The summed E-state index contributed by atoms with van der Waals surface area (Å²) in [5, 5.41) is 0. The summed E-state index contributed by atoms with van der Waals surface area (Å²) in [6, 6.07) is 13.5. The molecular formula is C20H25ClFNO4. The Hall–Kier alpha value is -2.31. The molecule has 0 heterocycles. The topological polar surface area (TPSA) is 70.8 Å². The van der Waals surface area contributed by atoms with Crippen molar-refractivity contribution in [3.05, 3.63) is 59.7 Å². The molecule has 148 valence electrons. The van der Waals surface area contributed by atoms with E-state index in [2.05, 4.69) is 4.74 Å². The number of halogens is 2. The van der Waals surface area contributed by atoms with E-state index >= 15 is 0 Å². The zero-order valence-electron chi connectivity index (χ0n) is 15.4.